The van der Waals surface area contributed by atoms with Crippen LogP contribution in [0.4, 0.5) is 0 Å². The number of unbranched alkanes of at least 4 members (excludes halogenated alkanes) is 2. The summed E-state index contributed by atoms with van der Waals surface area (Å²) in [5, 5.41) is 5.31. The molecule has 2 rings (SSSR count). The van der Waals surface area contributed by atoms with Crippen molar-refractivity contribution in [3.05, 3.63) is 60.7 Å². The predicted molar refractivity (Wildman–Crippen MR) is 101 cm³/mol. The predicted octanol–water partition coefficient (Wildman–Crippen LogP) is 4.86. The molecule has 23 heavy (non-hydrogen) atoms. The molecule has 0 aliphatic heterocycles. The third kappa shape index (κ3) is 4.80. The van der Waals surface area contributed by atoms with Gasteiger partial charge in [-0.1, -0.05) is 69.5 Å². The molecule has 0 saturated heterocycles. The van der Waals surface area contributed by atoms with Gasteiger partial charge in [-0.05, 0) is 37.1 Å². The van der Waals surface area contributed by atoms with Gasteiger partial charge in [-0.2, -0.15) is 0 Å². The van der Waals surface area contributed by atoms with Crippen LogP contribution in [-0.4, -0.2) is 6.04 Å². The molecule has 0 spiro atoms. The van der Waals surface area contributed by atoms with Crippen molar-refractivity contribution in [2.45, 2.75) is 52.0 Å². The normalized spacial score (nSPS) is 13.0. The van der Waals surface area contributed by atoms with E-state index in [4.69, 9.17) is 0 Å². The first-order valence-electron chi connectivity index (χ1n) is 8.69. The molecular weight excluding hydrogens is 301 g/mol. The number of nitrogens with one attached hydrogen (secondary N) is 1. The van der Waals surface area contributed by atoms with E-state index in [2.05, 4.69) is 18.9 Å². The van der Waals surface area contributed by atoms with E-state index in [1.165, 1.54) is 19.3 Å². The second kappa shape index (κ2) is 9.05. The fourth-order valence-corrected chi connectivity index (χ4v) is 5.44. The Bertz CT molecular complexity index is 569. The monoisotopic (exact) mass is 329 g/mol. The van der Waals surface area contributed by atoms with Crippen molar-refractivity contribution in [1.29, 1.82) is 0 Å². The highest BCUT2D eigenvalue weighted by Crippen LogP contribution is 2.40. The van der Waals surface area contributed by atoms with E-state index in [0.29, 0.717) is 0 Å². The minimum Gasteiger partial charge on any atom is -0.297 e. The van der Waals surface area contributed by atoms with Gasteiger partial charge in [0.2, 0.25) is 7.29 Å². The van der Waals surface area contributed by atoms with Gasteiger partial charge in [0.05, 0.1) is 0 Å². The molecule has 0 radical (unpaired) electrons. The summed E-state index contributed by atoms with van der Waals surface area (Å²) in [7, 11) is -2.80. The fourth-order valence-electron chi connectivity index (χ4n) is 2.83. The Balaban J connectivity index is 2.29. The number of hydrogen-bond donors (Lipinski definition) is 1. The first kappa shape index (κ1) is 18.0. The average molecular weight is 329 g/mol. The summed E-state index contributed by atoms with van der Waals surface area (Å²) in [6.45, 7) is 4.39. The van der Waals surface area contributed by atoms with Crippen molar-refractivity contribution in [3.63, 3.8) is 0 Å². The van der Waals surface area contributed by atoms with Crippen LogP contribution in [-0.2, 0) is 4.57 Å². The molecule has 0 amide bonds. The van der Waals surface area contributed by atoms with Crippen LogP contribution in [0.5, 0.6) is 0 Å². The summed E-state index contributed by atoms with van der Waals surface area (Å²) >= 11 is 0. The maximum atomic E-state index is 13.9. The van der Waals surface area contributed by atoms with E-state index in [0.717, 1.165) is 23.5 Å². The Morgan fingerprint density at radius 1 is 0.870 bits per heavy atom. The lowest BCUT2D eigenvalue weighted by molar-refractivity contribution is 0.500. The van der Waals surface area contributed by atoms with Crippen molar-refractivity contribution >= 4 is 17.9 Å². The van der Waals surface area contributed by atoms with Gasteiger partial charge in [0, 0.05) is 16.7 Å². The van der Waals surface area contributed by atoms with Crippen LogP contribution in [0.3, 0.4) is 0 Å². The molecule has 0 aliphatic rings. The molecule has 1 N–H and O–H groups in total. The standard InChI is InChI=1S/C20H28NOP/c1-3-5-8-13-18(4-2)21-23(22,19-14-9-6-10-15-19)20-16-11-7-12-17-20/h6-7,9-12,14-18H,3-5,8,13H2,1-2H3,(H,21,22). The topological polar surface area (TPSA) is 29.1 Å². The molecule has 0 aliphatic carbocycles. The van der Waals surface area contributed by atoms with Gasteiger partial charge in [-0.3, -0.25) is 9.65 Å². The molecule has 0 saturated carbocycles. The third-order valence-electron chi connectivity index (χ3n) is 4.25. The highest BCUT2D eigenvalue weighted by molar-refractivity contribution is 7.76. The molecule has 1 atom stereocenters. The molecule has 1 unspecified atom stereocenters. The minimum absolute atomic E-state index is 0.285. The lowest BCUT2D eigenvalue weighted by Gasteiger charge is -2.26. The first-order valence-corrected chi connectivity index (χ1v) is 10.4. The van der Waals surface area contributed by atoms with E-state index in [9.17, 15) is 4.57 Å². The third-order valence-corrected chi connectivity index (χ3v) is 7.03. The molecule has 0 aromatic heterocycles. The van der Waals surface area contributed by atoms with Crippen molar-refractivity contribution in [2.24, 2.45) is 0 Å². The van der Waals surface area contributed by atoms with Crippen LogP contribution in [0.15, 0.2) is 60.7 Å². The summed E-state index contributed by atoms with van der Waals surface area (Å²) in [5.74, 6) is 0. The first-order chi connectivity index (χ1) is 11.2. The molecular formula is C20H28NOP. The smallest absolute Gasteiger partial charge is 0.204 e. The zero-order valence-corrected chi connectivity index (χ0v) is 15.1. The van der Waals surface area contributed by atoms with Gasteiger partial charge in [0.25, 0.3) is 0 Å². The molecule has 3 heteroatoms. The van der Waals surface area contributed by atoms with Crippen LogP contribution < -0.4 is 15.7 Å². The zero-order valence-electron chi connectivity index (χ0n) is 14.2. The van der Waals surface area contributed by atoms with E-state index in [1.54, 1.807) is 0 Å². The second-order valence-electron chi connectivity index (χ2n) is 6.01. The molecule has 2 aromatic rings. The maximum absolute atomic E-state index is 13.9. The van der Waals surface area contributed by atoms with Crippen molar-refractivity contribution < 1.29 is 4.57 Å². The van der Waals surface area contributed by atoms with Crippen LogP contribution in [0.25, 0.3) is 0 Å². The van der Waals surface area contributed by atoms with Crippen LogP contribution in [0.1, 0.15) is 46.0 Å². The van der Waals surface area contributed by atoms with E-state index in [-0.39, 0.29) is 6.04 Å². The van der Waals surface area contributed by atoms with E-state index < -0.39 is 7.29 Å². The van der Waals surface area contributed by atoms with Gasteiger partial charge in [-0.25, -0.2) is 0 Å². The largest absolute Gasteiger partial charge is 0.297 e. The average Bonchev–Trinajstić information content (AvgIpc) is 2.62. The Kier molecular flexibility index (Phi) is 7.08. The number of benzene rings is 2. The lowest BCUT2D eigenvalue weighted by atomic mass is 10.1. The summed E-state index contributed by atoms with van der Waals surface area (Å²) in [6, 6.07) is 20.0. The summed E-state index contributed by atoms with van der Waals surface area (Å²) in [6.07, 6.45) is 5.71. The van der Waals surface area contributed by atoms with Gasteiger partial charge in [0.1, 0.15) is 0 Å². The number of hydrogen-bond acceptors (Lipinski definition) is 1. The van der Waals surface area contributed by atoms with Gasteiger partial charge < -0.3 is 0 Å². The quantitative estimate of drug-likeness (QED) is 0.525. The molecule has 0 heterocycles. The van der Waals surface area contributed by atoms with Gasteiger partial charge in [0.15, 0.2) is 0 Å². The van der Waals surface area contributed by atoms with E-state index >= 15 is 0 Å². The number of rotatable bonds is 9. The molecule has 0 fully saturated rings. The highest BCUT2D eigenvalue weighted by atomic mass is 31.2. The minimum atomic E-state index is -2.80. The van der Waals surface area contributed by atoms with Gasteiger partial charge in [-0.15, -0.1) is 0 Å². The van der Waals surface area contributed by atoms with Crippen LogP contribution in [0, 0.1) is 0 Å². The summed E-state index contributed by atoms with van der Waals surface area (Å²) in [5.41, 5.74) is 0. The van der Waals surface area contributed by atoms with Crippen LogP contribution in [0.2, 0.25) is 0 Å². The summed E-state index contributed by atoms with van der Waals surface area (Å²) < 4.78 is 13.9. The maximum Gasteiger partial charge on any atom is 0.204 e. The van der Waals surface area contributed by atoms with Crippen molar-refractivity contribution in [2.75, 3.05) is 0 Å². The Hall–Kier alpha value is -1.37. The van der Waals surface area contributed by atoms with Crippen molar-refractivity contribution in [3.8, 4) is 0 Å². The zero-order chi connectivity index (χ0) is 16.5. The molecule has 2 nitrogen and oxygen atoms in total. The molecule has 0 bridgehead atoms. The van der Waals surface area contributed by atoms with Gasteiger partial charge >= 0.3 is 0 Å². The fraction of sp³-hybridized carbons (Fsp3) is 0.400. The highest BCUT2D eigenvalue weighted by Gasteiger charge is 2.29. The molecule has 2 aromatic carbocycles. The van der Waals surface area contributed by atoms with Crippen LogP contribution >= 0.6 is 7.29 Å². The van der Waals surface area contributed by atoms with Crippen molar-refractivity contribution in [1.82, 2.24) is 5.09 Å². The Morgan fingerprint density at radius 3 is 1.83 bits per heavy atom. The Morgan fingerprint density at radius 2 is 1.39 bits per heavy atom. The Labute approximate surface area is 140 Å². The van der Waals surface area contributed by atoms with E-state index in [1.807, 2.05) is 60.7 Å². The second-order valence-corrected chi connectivity index (χ2v) is 8.52. The molecule has 124 valence electrons. The summed E-state index contributed by atoms with van der Waals surface area (Å²) in [4.78, 5) is 0. The SMILES string of the molecule is CCCCCC(CC)NP(=O)(c1ccccc1)c1ccccc1. The lowest BCUT2D eigenvalue weighted by Crippen LogP contribution is -2.34.